The van der Waals surface area contributed by atoms with E-state index in [0.717, 1.165) is 17.4 Å². The van der Waals surface area contributed by atoms with Crippen LogP contribution in [0.1, 0.15) is 21.8 Å². The Morgan fingerprint density at radius 3 is 2.47 bits per heavy atom. The molecule has 1 amide bonds. The number of hydrogen-bond donors (Lipinski definition) is 1. The van der Waals surface area contributed by atoms with Crippen LogP contribution >= 0.6 is 0 Å². The van der Waals surface area contributed by atoms with E-state index in [1.165, 1.54) is 0 Å². The Kier molecular flexibility index (Phi) is 6.24. The van der Waals surface area contributed by atoms with Crippen LogP contribution in [0.3, 0.4) is 0 Å². The topological polar surface area (TPSA) is 109 Å². The molecule has 168 valence electrons. The third kappa shape index (κ3) is 5.14. The molecule has 1 saturated heterocycles. The first-order chi connectivity index (χ1) is 15.3. The highest BCUT2D eigenvalue weighted by molar-refractivity contribution is 7.92. The smallest absolute Gasteiger partial charge is 0.256 e. The largest absolute Gasteiger partial charge is 0.338 e. The van der Waals surface area contributed by atoms with Crippen molar-refractivity contribution in [3.05, 3.63) is 65.5 Å². The minimum atomic E-state index is -3.48. The summed E-state index contributed by atoms with van der Waals surface area (Å²) in [6.07, 6.45) is 1.06. The summed E-state index contributed by atoms with van der Waals surface area (Å²) in [6.45, 7) is 4.85. The van der Waals surface area contributed by atoms with Crippen molar-refractivity contribution >= 4 is 21.6 Å². The van der Waals surface area contributed by atoms with E-state index in [4.69, 9.17) is 4.52 Å². The Labute approximate surface area is 187 Å². The second kappa shape index (κ2) is 9.09. The molecule has 3 aromatic rings. The maximum Gasteiger partial charge on any atom is 0.256 e. The lowest BCUT2D eigenvalue weighted by Gasteiger charge is -2.34. The molecule has 10 heteroatoms. The van der Waals surface area contributed by atoms with Gasteiger partial charge in [0, 0.05) is 31.7 Å². The Morgan fingerprint density at radius 1 is 1.06 bits per heavy atom. The number of rotatable bonds is 6. The van der Waals surface area contributed by atoms with Crippen molar-refractivity contribution in [1.29, 1.82) is 0 Å². The Hall–Kier alpha value is -3.24. The number of amides is 1. The summed E-state index contributed by atoms with van der Waals surface area (Å²) in [4.78, 5) is 21.4. The summed E-state index contributed by atoms with van der Waals surface area (Å²) < 4.78 is 31.1. The van der Waals surface area contributed by atoms with Gasteiger partial charge in [0.05, 0.1) is 24.1 Å². The third-order valence-electron chi connectivity index (χ3n) is 5.33. The highest BCUT2D eigenvalue weighted by atomic mass is 32.2. The quantitative estimate of drug-likeness (QED) is 0.608. The predicted molar refractivity (Wildman–Crippen MR) is 121 cm³/mol. The number of benzene rings is 2. The van der Waals surface area contributed by atoms with Gasteiger partial charge >= 0.3 is 0 Å². The minimum absolute atomic E-state index is 0.198. The highest BCUT2D eigenvalue weighted by Gasteiger charge is 2.25. The van der Waals surface area contributed by atoms with E-state index in [0.29, 0.717) is 50.0 Å². The molecule has 0 spiro atoms. The SMILES string of the molecule is Cc1ccccc1-c1noc(CN2CCN(C(=O)c3ccccc3NS(C)(=O)=O)CC2)n1. The summed E-state index contributed by atoms with van der Waals surface area (Å²) in [5, 5.41) is 4.10. The van der Waals surface area contributed by atoms with Gasteiger partial charge in [-0.2, -0.15) is 4.98 Å². The van der Waals surface area contributed by atoms with Crippen molar-refractivity contribution in [2.75, 3.05) is 37.2 Å². The number of para-hydroxylation sites is 1. The zero-order valence-electron chi connectivity index (χ0n) is 18.0. The molecule has 4 rings (SSSR count). The number of aromatic nitrogens is 2. The molecular weight excluding hydrogens is 430 g/mol. The van der Waals surface area contributed by atoms with E-state index in [9.17, 15) is 13.2 Å². The zero-order valence-corrected chi connectivity index (χ0v) is 18.8. The second-order valence-electron chi connectivity index (χ2n) is 7.81. The van der Waals surface area contributed by atoms with Gasteiger partial charge in [-0.1, -0.05) is 41.6 Å². The average molecular weight is 456 g/mol. The molecule has 2 heterocycles. The molecule has 2 aromatic carbocycles. The summed E-state index contributed by atoms with van der Waals surface area (Å²) in [5.41, 5.74) is 2.65. The summed E-state index contributed by atoms with van der Waals surface area (Å²) >= 11 is 0. The van der Waals surface area contributed by atoms with Crippen molar-refractivity contribution < 1.29 is 17.7 Å². The molecule has 1 aliphatic heterocycles. The van der Waals surface area contributed by atoms with Crippen LogP contribution in [0.25, 0.3) is 11.4 Å². The molecule has 0 bridgehead atoms. The second-order valence-corrected chi connectivity index (χ2v) is 9.56. The third-order valence-corrected chi connectivity index (χ3v) is 5.92. The first kappa shape index (κ1) is 22.0. The number of piperazine rings is 1. The normalized spacial score (nSPS) is 15.0. The molecule has 0 unspecified atom stereocenters. The molecule has 1 fully saturated rings. The Balaban J connectivity index is 1.37. The molecule has 9 nitrogen and oxygen atoms in total. The molecule has 1 N–H and O–H groups in total. The fourth-order valence-electron chi connectivity index (χ4n) is 3.68. The van der Waals surface area contributed by atoms with Gasteiger partial charge in [-0.05, 0) is 24.6 Å². The van der Waals surface area contributed by atoms with Crippen molar-refractivity contribution in [3.63, 3.8) is 0 Å². The average Bonchev–Trinajstić information content (AvgIpc) is 3.21. The number of aryl methyl sites for hydroxylation is 1. The first-order valence-electron chi connectivity index (χ1n) is 10.3. The van der Waals surface area contributed by atoms with Crippen LogP contribution in [-0.4, -0.2) is 66.7 Å². The van der Waals surface area contributed by atoms with Crippen molar-refractivity contribution in [2.24, 2.45) is 0 Å². The number of anilines is 1. The van der Waals surface area contributed by atoms with E-state index < -0.39 is 10.0 Å². The lowest BCUT2D eigenvalue weighted by atomic mass is 10.1. The molecule has 0 radical (unpaired) electrons. The standard InChI is InChI=1S/C22H25N5O4S/c1-16-7-3-4-8-17(16)21-23-20(31-24-21)15-26-11-13-27(14-12-26)22(28)18-9-5-6-10-19(18)25-32(2,29)30/h3-10,25H,11-15H2,1-2H3. The summed E-state index contributed by atoms with van der Waals surface area (Å²) in [7, 11) is -3.48. The molecular formula is C22H25N5O4S. The van der Waals surface area contributed by atoms with Crippen LogP contribution in [0.15, 0.2) is 53.1 Å². The lowest BCUT2D eigenvalue weighted by Crippen LogP contribution is -2.48. The Morgan fingerprint density at radius 2 is 1.75 bits per heavy atom. The highest BCUT2D eigenvalue weighted by Crippen LogP contribution is 2.22. The fourth-order valence-corrected chi connectivity index (χ4v) is 4.26. The predicted octanol–water partition coefficient (Wildman–Crippen LogP) is 2.37. The van der Waals surface area contributed by atoms with E-state index in [1.54, 1.807) is 29.2 Å². The number of carbonyl (C=O) groups is 1. The lowest BCUT2D eigenvalue weighted by molar-refractivity contribution is 0.0616. The van der Waals surface area contributed by atoms with Gasteiger partial charge in [-0.25, -0.2) is 8.42 Å². The van der Waals surface area contributed by atoms with Crippen LogP contribution in [0.4, 0.5) is 5.69 Å². The van der Waals surface area contributed by atoms with Gasteiger partial charge in [0.1, 0.15) is 0 Å². The van der Waals surface area contributed by atoms with Crippen LogP contribution in [0, 0.1) is 6.92 Å². The van der Waals surface area contributed by atoms with Crippen molar-refractivity contribution in [3.8, 4) is 11.4 Å². The summed E-state index contributed by atoms with van der Waals surface area (Å²) in [5.74, 6) is 0.906. The number of sulfonamides is 1. The van der Waals surface area contributed by atoms with Gasteiger partial charge in [-0.15, -0.1) is 0 Å². The maximum atomic E-state index is 13.0. The van der Waals surface area contributed by atoms with E-state index in [1.807, 2.05) is 31.2 Å². The molecule has 0 atom stereocenters. The van der Waals surface area contributed by atoms with Crippen LogP contribution in [-0.2, 0) is 16.6 Å². The zero-order chi connectivity index (χ0) is 22.7. The van der Waals surface area contributed by atoms with Crippen LogP contribution < -0.4 is 4.72 Å². The van der Waals surface area contributed by atoms with Crippen molar-refractivity contribution in [1.82, 2.24) is 19.9 Å². The van der Waals surface area contributed by atoms with E-state index in [2.05, 4.69) is 19.8 Å². The number of carbonyl (C=O) groups excluding carboxylic acids is 1. The first-order valence-corrected chi connectivity index (χ1v) is 12.2. The molecule has 0 saturated carbocycles. The monoisotopic (exact) mass is 455 g/mol. The summed E-state index contributed by atoms with van der Waals surface area (Å²) in [6, 6.07) is 14.5. The van der Waals surface area contributed by atoms with Crippen LogP contribution in [0.5, 0.6) is 0 Å². The van der Waals surface area contributed by atoms with Gasteiger partial charge in [0.15, 0.2) is 0 Å². The Bertz CT molecular complexity index is 1220. The van der Waals surface area contributed by atoms with E-state index in [-0.39, 0.29) is 11.6 Å². The maximum absolute atomic E-state index is 13.0. The van der Waals surface area contributed by atoms with Gasteiger partial charge in [0.2, 0.25) is 21.7 Å². The molecule has 1 aromatic heterocycles. The minimum Gasteiger partial charge on any atom is -0.338 e. The fraction of sp³-hybridized carbons (Fsp3) is 0.318. The number of hydrogen-bond acceptors (Lipinski definition) is 7. The van der Waals surface area contributed by atoms with Crippen molar-refractivity contribution in [2.45, 2.75) is 13.5 Å². The van der Waals surface area contributed by atoms with Gasteiger partial charge < -0.3 is 9.42 Å². The van der Waals surface area contributed by atoms with Crippen LogP contribution in [0.2, 0.25) is 0 Å². The number of nitrogens with one attached hydrogen (secondary N) is 1. The number of nitrogens with zero attached hydrogens (tertiary/aromatic N) is 4. The molecule has 1 aliphatic rings. The molecule has 32 heavy (non-hydrogen) atoms. The van der Waals surface area contributed by atoms with Gasteiger partial charge in [-0.3, -0.25) is 14.4 Å². The van der Waals surface area contributed by atoms with E-state index >= 15 is 0 Å². The molecule has 0 aliphatic carbocycles. The van der Waals surface area contributed by atoms with Gasteiger partial charge in [0.25, 0.3) is 5.91 Å².